The van der Waals surface area contributed by atoms with Crippen molar-refractivity contribution in [1.82, 2.24) is 4.90 Å². The molecule has 0 aromatic heterocycles. The van der Waals surface area contributed by atoms with Gasteiger partial charge in [-0.3, -0.25) is 4.90 Å². The zero-order valence-corrected chi connectivity index (χ0v) is 13.2. The second kappa shape index (κ2) is 6.42. The molecule has 2 N–H and O–H groups in total. The molecule has 0 spiro atoms. The van der Waals surface area contributed by atoms with E-state index in [-0.39, 0.29) is 16.9 Å². The summed E-state index contributed by atoms with van der Waals surface area (Å²) in [6.45, 7) is 7.80. The first-order valence-corrected chi connectivity index (χ1v) is 7.78. The average Bonchev–Trinajstić information content (AvgIpc) is 2.40. The molecule has 1 saturated heterocycles. The van der Waals surface area contributed by atoms with Gasteiger partial charge in [-0.15, -0.1) is 0 Å². The second-order valence-corrected chi connectivity index (χ2v) is 6.37. The van der Waals surface area contributed by atoms with E-state index in [9.17, 15) is 4.39 Å². The van der Waals surface area contributed by atoms with E-state index < -0.39 is 0 Å². The van der Waals surface area contributed by atoms with Crippen molar-refractivity contribution in [3.05, 3.63) is 34.6 Å². The van der Waals surface area contributed by atoms with E-state index in [1.165, 1.54) is 6.07 Å². The molecule has 112 valence electrons. The number of hydrogen-bond acceptors (Lipinski definition) is 2. The van der Waals surface area contributed by atoms with Crippen molar-refractivity contribution < 1.29 is 4.39 Å². The fourth-order valence-corrected chi connectivity index (χ4v) is 3.78. The van der Waals surface area contributed by atoms with Crippen LogP contribution in [0, 0.1) is 11.7 Å². The molecule has 0 amide bonds. The maximum Gasteiger partial charge on any atom is 0.141 e. The van der Waals surface area contributed by atoms with Gasteiger partial charge in [0.25, 0.3) is 0 Å². The van der Waals surface area contributed by atoms with E-state index >= 15 is 0 Å². The minimum Gasteiger partial charge on any atom is -0.324 e. The molecule has 2 unspecified atom stereocenters. The number of nitrogens with zero attached hydrogens (tertiary/aromatic N) is 1. The minimum absolute atomic E-state index is 0.0722. The topological polar surface area (TPSA) is 29.3 Å². The number of piperidine rings is 1. The Morgan fingerprint density at radius 2 is 1.95 bits per heavy atom. The second-order valence-electron chi connectivity index (χ2n) is 5.96. The van der Waals surface area contributed by atoms with Crippen LogP contribution in [-0.2, 0) is 0 Å². The molecule has 4 heteroatoms. The summed E-state index contributed by atoms with van der Waals surface area (Å²) >= 11 is 5.86. The molecule has 20 heavy (non-hydrogen) atoms. The van der Waals surface area contributed by atoms with Crippen LogP contribution < -0.4 is 5.73 Å². The average molecular weight is 299 g/mol. The third-order valence-electron chi connectivity index (χ3n) is 4.62. The van der Waals surface area contributed by atoms with E-state index in [0.29, 0.717) is 18.0 Å². The SMILES string of the molecule is CCN1[C@H](C)CC(C(N)c2ccc(F)c(Cl)c2)C[C@@H]1C. The molecule has 0 radical (unpaired) electrons. The van der Waals surface area contributed by atoms with Gasteiger partial charge in [-0.1, -0.05) is 24.6 Å². The van der Waals surface area contributed by atoms with Gasteiger partial charge in [0.2, 0.25) is 0 Å². The van der Waals surface area contributed by atoms with Gasteiger partial charge in [-0.05, 0) is 56.8 Å². The molecule has 1 fully saturated rings. The first-order valence-electron chi connectivity index (χ1n) is 7.40. The van der Waals surface area contributed by atoms with Crippen molar-refractivity contribution in [2.45, 2.75) is 51.7 Å². The third kappa shape index (κ3) is 3.16. The van der Waals surface area contributed by atoms with Gasteiger partial charge < -0.3 is 5.73 Å². The van der Waals surface area contributed by atoms with Crippen LogP contribution in [0.15, 0.2) is 18.2 Å². The fraction of sp³-hybridized carbons (Fsp3) is 0.625. The quantitative estimate of drug-likeness (QED) is 0.914. The van der Waals surface area contributed by atoms with E-state index in [1.54, 1.807) is 12.1 Å². The van der Waals surface area contributed by atoms with Crippen molar-refractivity contribution in [1.29, 1.82) is 0 Å². The van der Waals surface area contributed by atoms with E-state index in [0.717, 1.165) is 24.9 Å². The van der Waals surface area contributed by atoms with E-state index in [1.807, 2.05) is 0 Å². The molecule has 1 aromatic carbocycles. The molecular weight excluding hydrogens is 275 g/mol. The number of hydrogen-bond donors (Lipinski definition) is 1. The van der Waals surface area contributed by atoms with Gasteiger partial charge in [-0.2, -0.15) is 0 Å². The fourth-order valence-electron chi connectivity index (χ4n) is 3.59. The Morgan fingerprint density at radius 3 is 2.45 bits per heavy atom. The highest BCUT2D eigenvalue weighted by atomic mass is 35.5. The zero-order valence-electron chi connectivity index (χ0n) is 12.4. The molecule has 0 saturated carbocycles. The van der Waals surface area contributed by atoms with Crippen LogP contribution in [0.25, 0.3) is 0 Å². The Kier molecular flexibility index (Phi) is 5.05. The Hall–Kier alpha value is -0.640. The minimum atomic E-state index is -0.384. The van der Waals surface area contributed by atoms with Gasteiger partial charge >= 0.3 is 0 Å². The van der Waals surface area contributed by atoms with Gasteiger partial charge in [0, 0.05) is 18.1 Å². The van der Waals surface area contributed by atoms with Crippen LogP contribution in [0.5, 0.6) is 0 Å². The van der Waals surface area contributed by atoms with Crippen LogP contribution in [0.3, 0.4) is 0 Å². The number of rotatable bonds is 3. The van der Waals surface area contributed by atoms with Crippen LogP contribution in [0.1, 0.15) is 45.2 Å². The number of likely N-dealkylation sites (tertiary alicyclic amines) is 1. The predicted octanol–water partition coefficient (Wildman–Crippen LogP) is 3.99. The molecule has 1 aromatic rings. The summed E-state index contributed by atoms with van der Waals surface area (Å²) in [7, 11) is 0. The van der Waals surface area contributed by atoms with Crippen molar-refractivity contribution in [2.24, 2.45) is 11.7 Å². The first-order chi connectivity index (χ1) is 9.43. The molecule has 0 aliphatic carbocycles. The number of halogens is 2. The van der Waals surface area contributed by atoms with Gasteiger partial charge in [0.15, 0.2) is 0 Å². The lowest BCUT2D eigenvalue weighted by Crippen LogP contribution is -2.48. The lowest BCUT2D eigenvalue weighted by atomic mass is 9.80. The molecule has 4 atom stereocenters. The molecule has 2 rings (SSSR count). The Morgan fingerprint density at radius 1 is 1.35 bits per heavy atom. The predicted molar refractivity (Wildman–Crippen MR) is 82.4 cm³/mol. The summed E-state index contributed by atoms with van der Waals surface area (Å²) in [5, 5.41) is 0.157. The summed E-state index contributed by atoms with van der Waals surface area (Å²) in [5.41, 5.74) is 7.34. The van der Waals surface area contributed by atoms with Gasteiger partial charge in [0.1, 0.15) is 5.82 Å². The summed E-state index contributed by atoms with van der Waals surface area (Å²) in [4.78, 5) is 2.51. The molecule has 1 aliphatic heterocycles. The van der Waals surface area contributed by atoms with Crippen molar-refractivity contribution in [2.75, 3.05) is 6.54 Å². The molecule has 2 nitrogen and oxygen atoms in total. The maximum atomic E-state index is 13.2. The highest BCUT2D eigenvalue weighted by molar-refractivity contribution is 6.30. The Balaban J connectivity index is 2.13. The monoisotopic (exact) mass is 298 g/mol. The van der Waals surface area contributed by atoms with Crippen LogP contribution in [0.4, 0.5) is 4.39 Å². The summed E-state index contributed by atoms with van der Waals surface area (Å²) < 4.78 is 13.2. The van der Waals surface area contributed by atoms with Crippen LogP contribution in [0.2, 0.25) is 5.02 Å². The molecular formula is C16H24ClFN2. The Labute approximate surface area is 126 Å². The standard InChI is InChI=1S/C16H24ClFN2/c1-4-20-10(2)7-13(8-11(20)3)16(19)12-5-6-15(18)14(17)9-12/h5-6,9-11,13,16H,4,7-8,19H2,1-3H3/t10-,11+,13?,16?. The van der Waals surface area contributed by atoms with Crippen LogP contribution >= 0.6 is 11.6 Å². The lowest BCUT2D eigenvalue weighted by molar-refractivity contribution is 0.0665. The Bertz CT molecular complexity index is 454. The van der Waals surface area contributed by atoms with Crippen LogP contribution in [-0.4, -0.2) is 23.5 Å². The first kappa shape index (κ1) is 15.7. The van der Waals surface area contributed by atoms with E-state index in [4.69, 9.17) is 17.3 Å². The highest BCUT2D eigenvalue weighted by Gasteiger charge is 2.33. The van der Waals surface area contributed by atoms with Gasteiger partial charge in [0.05, 0.1) is 5.02 Å². The largest absolute Gasteiger partial charge is 0.324 e. The van der Waals surface area contributed by atoms with E-state index in [2.05, 4.69) is 25.7 Å². The number of benzene rings is 1. The third-order valence-corrected chi connectivity index (χ3v) is 4.91. The molecule has 1 heterocycles. The van der Waals surface area contributed by atoms with Crippen molar-refractivity contribution in [3.8, 4) is 0 Å². The zero-order chi connectivity index (χ0) is 14.9. The molecule has 1 aliphatic rings. The van der Waals surface area contributed by atoms with Gasteiger partial charge in [-0.25, -0.2) is 4.39 Å². The summed E-state index contributed by atoms with van der Waals surface area (Å²) in [6.07, 6.45) is 2.16. The van der Waals surface area contributed by atoms with Crippen molar-refractivity contribution >= 4 is 11.6 Å². The summed E-state index contributed by atoms with van der Waals surface area (Å²) in [5.74, 6) is 0.0366. The normalized spacial score (nSPS) is 29.4. The van der Waals surface area contributed by atoms with Crippen molar-refractivity contribution in [3.63, 3.8) is 0 Å². The lowest BCUT2D eigenvalue weighted by Gasteiger charge is -2.44. The maximum absolute atomic E-state index is 13.2. The molecule has 0 bridgehead atoms. The summed E-state index contributed by atoms with van der Waals surface area (Å²) in [6, 6.07) is 5.84. The number of nitrogens with two attached hydrogens (primary N) is 1. The highest BCUT2D eigenvalue weighted by Crippen LogP contribution is 2.35. The smallest absolute Gasteiger partial charge is 0.141 e.